The van der Waals surface area contributed by atoms with Gasteiger partial charge < -0.3 is 15.2 Å². The van der Waals surface area contributed by atoms with Gasteiger partial charge >= 0.3 is 0 Å². The summed E-state index contributed by atoms with van der Waals surface area (Å²) < 4.78 is 38.4. The Morgan fingerprint density at radius 2 is 1.68 bits per heavy atom. The lowest BCUT2D eigenvalue weighted by Crippen LogP contribution is -2.12. The van der Waals surface area contributed by atoms with Gasteiger partial charge in [-0.05, 0) is 55.1 Å². The molecule has 0 saturated heterocycles. The summed E-state index contributed by atoms with van der Waals surface area (Å²) in [7, 11) is -4.54. The van der Waals surface area contributed by atoms with E-state index in [1.165, 1.54) is 19.1 Å². The molecule has 38 heavy (non-hydrogen) atoms. The van der Waals surface area contributed by atoms with Gasteiger partial charge in [-0.15, -0.1) is 10.2 Å². The Hall–Kier alpha value is -3.70. The fourth-order valence-electron chi connectivity index (χ4n) is 3.79. The number of phenolic OH excluding ortho intramolecular Hbond substituents is 1. The summed E-state index contributed by atoms with van der Waals surface area (Å²) in [6.45, 7) is 3.65. The van der Waals surface area contributed by atoms with Crippen LogP contribution in [0.4, 0.5) is 17.1 Å². The first-order valence-electron chi connectivity index (χ1n) is 11.2. The number of amides is 1. The maximum absolute atomic E-state index is 13.2. The highest BCUT2D eigenvalue weighted by Crippen LogP contribution is 2.41. The van der Waals surface area contributed by atoms with Gasteiger partial charge in [-0.1, -0.05) is 47.5 Å². The lowest BCUT2D eigenvalue weighted by atomic mass is 10.0. The molecule has 4 rings (SSSR count). The lowest BCUT2D eigenvalue weighted by molar-refractivity contribution is 0.102. The van der Waals surface area contributed by atoms with Gasteiger partial charge in [0.15, 0.2) is 5.75 Å². The topological polar surface area (TPSA) is 138 Å². The second-order valence-corrected chi connectivity index (χ2v) is 10.3. The highest BCUT2D eigenvalue weighted by Gasteiger charge is 2.21. The minimum atomic E-state index is -4.54. The highest BCUT2D eigenvalue weighted by atomic mass is 35.5. The molecule has 4 aromatic carbocycles. The van der Waals surface area contributed by atoms with Crippen LogP contribution in [0.1, 0.15) is 22.8 Å². The second kappa shape index (κ2) is 11.0. The third-order valence-electron chi connectivity index (χ3n) is 5.60. The number of nitrogens with one attached hydrogen (secondary N) is 1. The number of fused-ring (bicyclic) bond motifs is 1. The lowest BCUT2D eigenvalue weighted by Gasteiger charge is -2.13. The Morgan fingerprint density at radius 3 is 2.39 bits per heavy atom. The zero-order valence-corrected chi connectivity index (χ0v) is 22.4. The van der Waals surface area contributed by atoms with E-state index < -0.39 is 21.8 Å². The summed E-state index contributed by atoms with van der Waals surface area (Å²) in [5.41, 5.74) is 0.160. The summed E-state index contributed by atoms with van der Waals surface area (Å²) in [4.78, 5) is 12.8. The minimum absolute atomic E-state index is 0.0281. The van der Waals surface area contributed by atoms with Crippen molar-refractivity contribution in [2.24, 2.45) is 10.2 Å². The molecule has 0 unspecified atom stereocenters. The molecule has 12 heteroatoms. The number of hydrogen-bond acceptors (Lipinski definition) is 7. The molecule has 0 radical (unpaired) electrons. The first-order chi connectivity index (χ1) is 18.0. The van der Waals surface area contributed by atoms with Gasteiger partial charge in [0.2, 0.25) is 0 Å². The van der Waals surface area contributed by atoms with E-state index in [0.29, 0.717) is 23.1 Å². The van der Waals surface area contributed by atoms with Crippen LogP contribution in [0.15, 0.2) is 75.8 Å². The summed E-state index contributed by atoms with van der Waals surface area (Å²) in [6.07, 6.45) is 0. The third-order valence-corrected chi connectivity index (χ3v) is 7.23. The molecule has 4 aromatic rings. The first-order valence-corrected chi connectivity index (χ1v) is 13.4. The number of anilines is 1. The van der Waals surface area contributed by atoms with Gasteiger partial charge in [0.1, 0.15) is 17.1 Å². The summed E-state index contributed by atoms with van der Waals surface area (Å²) >= 11 is 12.5. The van der Waals surface area contributed by atoms with E-state index in [1.807, 2.05) is 6.92 Å². The van der Waals surface area contributed by atoms with Crippen LogP contribution < -0.4 is 10.1 Å². The van der Waals surface area contributed by atoms with Gasteiger partial charge in [0, 0.05) is 11.5 Å². The number of carbonyl (C=O) groups is 1. The summed E-state index contributed by atoms with van der Waals surface area (Å²) in [5, 5.41) is 23.4. The fourth-order valence-corrected chi connectivity index (χ4v) is 4.92. The van der Waals surface area contributed by atoms with Crippen LogP contribution in [0.25, 0.3) is 10.8 Å². The molecule has 9 nitrogen and oxygen atoms in total. The molecular formula is C26H21Cl2N3O6S. The van der Waals surface area contributed by atoms with E-state index in [0.717, 1.165) is 6.07 Å². The van der Waals surface area contributed by atoms with Crippen molar-refractivity contribution in [2.45, 2.75) is 18.7 Å². The molecule has 0 heterocycles. The van der Waals surface area contributed by atoms with Crippen LogP contribution in [0.2, 0.25) is 10.0 Å². The number of ether oxygens (including phenoxy) is 1. The average molecular weight is 574 g/mol. The van der Waals surface area contributed by atoms with Crippen molar-refractivity contribution >= 4 is 67.1 Å². The number of aromatic hydroxyl groups is 1. The van der Waals surface area contributed by atoms with Gasteiger partial charge in [-0.25, -0.2) is 0 Å². The van der Waals surface area contributed by atoms with Crippen LogP contribution in [-0.4, -0.2) is 30.6 Å². The molecule has 0 spiro atoms. The molecule has 3 N–H and O–H groups in total. The molecule has 0 aliphatic carbocycles. The van der Waals surface area contributed by atoms with Crippen LogP contribution >= 0.6 is 23.2 Å². The van der Waals surface area contributed by atoms with Crippen molar-refractivity contribution < 1.29 is 27.6 Å². The Kier molecular flexibility index (Phi) is 7.89. The number of nitrogens with zero attached hydrogens (tertiary/aromatic N) is 2. The van der Waals surface area contributed by atoms with Gasteiger partial charge in [0.05, 0.1) is 32.8 Å². The zero-order valence-electron chi connectivity index (χ0n) is 20.1. The maximum Gasteiger partial charge on any atom is 0.294 e. The Morgan fingerprint density at radius 1 is 1.00 bits per heavy atom. The number of phenols is 1. The quantitative estimate of drug-likeness (QED) is 0.155. The molecule has 0 aliphatic rings. The number of rotatable bonds is 7. The molecule has 0 aromatic heterocycles. The molecule has 0 aliphatic heterocycles. The van der Waals surface area contributed by atoms with Crippen molar-refractivity contribution in [3.63, 3.8) is 0 Å². The number of benzene rings is 4. The van der Waals surface area contributed by atoms with Gasteiger partial charge in [-0.3, -0.25) is 9.35 Å². The minimum Gasteiger partial charge on any atom is -0.505 e. The van der Waals surface area contributed by atoms with E-state index in [4.69, 9.17) is 27.9 Å². The monoisotopic (exact) mass is 573 g/mol. The highest BCUT2D eigenvalue weighted by molar-refractivity contribution is 7.85. The van der Waals surface area contributed by atoms with E-state index in [-0.39, 0.29) is 43.1 Å². The second-order valence-electron chi connectivity index (χ2n) is 8.07. The van der Waals surface area contributed by atoms with E-state index in [2.05, 4.69) is 15.5 Å². The third kappa shape index (κ3) is 5.58. The van der Waals surface area contributed by atoms with Gasteiger partial charge in [-0.2, -0.15) is 8.42 Å². The number of halogens is 2. The standard InChI is InChI=1S/C26H21Cl2N3O6S/c1-3-37-16-8-9-19(27)21(13-16)29-26(33)18-12-15-6-4-5-7-17(15)24(25(18)32)31-30-23-14(2)22(38(34,35)36)11-10-20(23)28/h4-13,32H,3H2,1-2H3,(H,29,33)(H,34,35,36). The predicted octanol–water partition coefficient (Wildman–Crippen LogP) is 7.47. The molecule has 0 saturated carbocycles. The van der Waals surface area contributed by atoms with Crippen molar-refractivity contribution in [3.05, 3.63) is 81.8 Å². The molecular weight excluding hydrogens is 553 g/mol. The Labute approximate surface area is 228 Å². The van der Waals surface area contributed by atoms with Crippen LogP contribution in [0.5, 0.6) is 11.5 Å². The Bertz CT molecular complexity index is 1710. The number of carbonyl (C=O) groups excluding carboxylic acids is 1. The van der Waals surface area contributed by atoms with Crippen LogP contribution in [0.3, 0.4) is 0 Å². The zero-order chi connectivity index (χ0) is 27.6. The first kappa shape index (κ1) is 27.3. The van der Waals surface area contributed by atoms with E-state index >= 15 is 0 Å². The fraction of sp³-hybridized carbons (Fsp3) is 0.115. The summed E-state index contributed by atoms with van der Waals surface area (Å²) in [5.74, 6) is -0.631. The van der Waals surface area contributed by atoms with E-state index in [1.54, 1.807) is 42.5 Å². The van der Waals surface area contributed by atoms with Crippen LogP contribution in [0, 0.1) is 6.92 Å². The SMILES string of the molecule is CCOc1ccc(Cl)c(NC(=O)c2cc3ccccc3c(N=Nc3c(Cl)ccc(S(=O)(=O)O)c3C)c2O)c1. The number of azo groups is 1. The summed E-state index contributed by atoms with van der Waals surface area (Å²) in [6, 6.07) is 15.6. The van der Waals surface area contributed by atoms with Gasteiger partial charge in [0.25, 0.3) is 16.0 Å². The molecule has 0 atom stereocenters. The normalized spacial score (nSPS) is 11.7. The van der Waals surface area contributed by atoms with Crippen molar-refractivity contribution in [1.82, 2.24) is 0 Å². The van der Waals surface area contributed by atoms with Crippen LogP contribution in [-0.2, 0) is 10.1 Å². The number of hydrogen-bond donors (Lipinski definition) is 3. The average Bonchev–Trinajstić information content (AvgIpc) is 2.86. The largest absolute Gasteiger partial charge is 0.505 e. The molecule has 196 valence electrons. The van der Waals surface area contributed by atoms with Crippen molar-refractivity contribution in [3.8, 4) is 11.5 Å². The maximum atomic E-state index is 13.2. The molecule has 0 fully saturated rings. The predicted molar refractivity (Wildman–Crippen MR) is 146 cm³/mol. The molecule has 1 amide bonds. The van der Waals surface area contributed by atoms with Crippen molar-refractivity contribution in [1.29, 1.82) is 0 Å². The Balaban J connectivity index is 1.81. The van der Waals surface area contributed by atoms with Crippen molar-refractivity contribution in [2.75, 3.05) is 11.9 Å². The smallest absolute Gasteiger partial charge is 0.294 e. The van der Waals surface area contributed by atoms with E-state index in [9.17, 15) is 22.9 Å². The molecule has 0 bridgehead atoms.